The summed E-state index contributed by atoms with van der Waals surface area (Å²) < 4.78 is 0. The fourth-order valence-corrected chi connectivity index (χ4v) is 9.83. The highest BCUT2D eigenvalue weighted by Crippen LogP contribution is 2.57. The summed E-state index contributed by atoms with van der Waals surface area (Å²) in [7, 11) is 0. The molecule has 0 saturated heterocycles. The van der Waals surface area contributed by atoms with Crippen LogP contribution in [0.15, 0.2) is 115 Å². The van der Waals surface area contributed by atoms with Gasteiger partial charge in [0.15, 0.2) is 0 Å². The number of allylic oxidation sites excluding steroid dienone is 1. The van der Waals surface area contributed by atoms with Crippen molar-refractivity contribution in [1.29, 1.82) is 0 Å². The van der Waals surface area contributed by atoms with Gasteiger partial charge >= 0.3 is 0 Å². The second-order valence-corrected chi connectivity index (χ2v) is 16.3. The van der Waals surface area contributed by atoms with E-state index < -0.39 is 0 Å². The summed E-state index contributed by atoms with van der Waals surface area (Å²) in [5.74, 6) is 0.839. The van der Waals surface area contributed by atoms with Gasteiger partial charge in [-0.05, 0) is 80.9 Å². The summed E-state index contributed by atoms with van der Waals surface area (Å²) in [5, 5.41) is 3.71. The first-order chi connectivity index (χ1) is 23.6. The lowest BCUT2D eigenvalue weighted by atomic mass is 9.74. The summed E-state index contributed by atoms with van der Waals surface area (Å²) in [5.41, 5.74) is 13.4. The molecule has 1 aliphatic carbocycles. The van der Waals surface area contributed by atoms with Gasteiger partial charge in [0.25, 0.3) is 0 Å². The molecule has 1 nitrogen and oxygen atoms in total. The molecule has 2 aliphatic rings. The van der Waals surface area contributed by atoms with E-state index in [0.717, 1.165) is 31.3 Å². The maximum absolute atomic E-state index is 5.99. The van der Waals surface area contributed by atoms with Crippen LogP contribution in [-0.4, -0.2) is 9.73 Å². The molecule has 0 radical (unpaired) electrons. The zero-order valence-electron chi connectivity index (χ0n) is 28.8. The molecule has 0 saturated carbocycles. The summed E-state index contributed by atoms with van der Waals surface area (Å²) in [6.07, 6.45) is 2.23. The minimum Gasteiger partial charge on any atom is -0.301 e. The number of fused-ring (bicyclic) bond motifs is 4. The molecule has 0 spiro atoms. The molecule has 0 N–H and O–H groups in total. The Kier molecular flexibility index (Phi) is 7.83. The summed E-state index contributed by atoms with van der Waals surface area (Å²) in [4.78, 5) is 5.35. The van der Waals surface area contributed by atoms with Crippen LogP contribution in [0.5, 0.6) is 0 Å². The van der Waals surface area contributed by atoms with Crippen molar-refractivity contribution in [2.24, 2.45) is 0 Å². The molecule has 0 atom stereocenters. The Bertz CT molecular complexity index is 2300. The molecule has 1 aromatic heterocycles. The van der Waals surface area contributed by atoms with Crippen LogP contribution in [0.3, 0.4) is 0 Å². The van der Waals surface area contributed by atoms with E-state index in [2.05, 4.69) is 150 Å². The number of thiocarbonyl (C=S) groups is 2. The average Bonchev–Trinajstić information content (AvgIpc) is 3.64. The Morgan fingerprint density at radius 1 is 0.653 bits per heavy atom. The van der Waals surface area contributed by atoms with Gasteiger partial charge in [0, 0.05) is 32.4 Å². The van der Waals surface area contributed by atoms with E-state index in [1.165, 1.54) is 60.5 Å². The zero-order valence-corrected chi connectivity index (χ0v) is 31.2. The minimum absolute atomic E-state index is 0.251. The van der Waals surface area contributed by atoms with Gasteiger partial charge in [0.05, 0.1) is 21.1 Å². The van der Waals surface area contributed by atoms with Gasteiger partial charge in [-0.2, -0.15) is 0 Å². The lowest BCUT2D eigenvalue weighted by Gasteiger charge is -2.40. The van der Waals surface area contributed by atoms with Gasteiger partial charge < -0.3 is 4.90 Å². The third kappa shape index (κ3) is 5.07. The minimum atomic E-state index is -0.251. The van der Waals surface area contributed by atoms with Gasteiger partial charge in [-0.1, -0.05) is 151 Å². The monoisotopic (exact) mass is 689 g/mol. The fraction of sp³-hybridized carbons (Fsp3) is 0.200. The van der Waals surface area contributed by atoms with E-state index in [-0.39, 0.29) is 5.41 Å². The van der Waals surface area contributed by atoms with Gasteiger partial charge in [0.2, 0.25) is 0 Å². The first-order valence-electron chi connectivity index (χ1n) is 17.2. The predicted molar refractivity (Wildman–Crippen MR) is 220 cm³/mol. The van der Waals surface area contributed by atoms with Gasteiger partial charge in [-0.15, -0.1) is 11.3 Å². The molecule has 0 unspecified atom stereocenters. The number of anilines is 3. The number of rotatable bonds is 5. The molecule has 242 valence electrons. The summed E-state index contributed by atoms with van der Waals surface area (Å²) in [6, 6.07) is 40.1. The molecule has 0 fully saturated rings. The van der Waals surface area contributed by atoms with Crippen LogP contribution < -0.4 is 4.90 Å². The van der Waals surface area contributed by atoms with Crippen molar-refractivity contribution >= 4 is 78.7 Å². The number of nitrogens with zero attached hydrogens (tertiary/aromatic N) is 1. The summed E-state index contributed by atoms with van der Waals surface area (Å²) in [6.45, 7) is 14.0. The topological polar surface area (TPSA) is 3.24 Å². The first-order valence-corrected chi connectivity index (χ1v) is 18.8. The highest BCUT2D eigenvalue weighted by Gasteiger charge is 2.40. The third-order valence-electron chi connectivity index (χ3n) is 10.4. The Hall–Kier alpha value is -4.22. The molecule has 8 rings (SSSR count). The largest absolute Gasteiger partial charge is 0.301 e. The van der Waals surface area contributed by atoms with Crippen molar-refractivity contribution in [2.75, 3.05) is 4.90 Å². The molecule has 1 aliphatic heterocycles. The van der Waals surface area contributed by atoms with E-state index in [9.17, 15) is 0 Å². The molecule has 4 heteroatoms. The quantitative estimate of drug-likeness (QED) is 0.131. The van der Waals surface area contributed by atoms with E-state index in [4.69, 9.17) is 24.4 Å². The third-order valence-corrected chi connectivity index (χ3v) is 12.3. The van der Waals surface area contributed by atoms with Crippen molar-refractivity contribution < 1.29 is 0 Å². The number of hydrogen-bond donors (Lipinski definition) is 0. The van der Waals surface area contributed by atoms with E-state index in [1.807, 2.05) is 23.5 Å². The molecule has 0 bridgehead atoms. The van der Waals surface area contributed by atoms with Crippen molar-refractivity contribution in [1.82, 2.24) is 0 Å². The number of thiophene rings is 1. The molecular weight excluding hydrogens is 651 g/mol. The van der Waals surface area contributed by atoms with Crippen LogP contribution in [0.25, 0.3) is 28.0 Å². The van der Waals surface area contributed by atoms with Gasteiger partial charge in [-0.25, -0.2) is 0 Å². The van der Waals surface area contributed by atoms with Crippen molar-refractivity contribution in [3.63, 3.8) is 0 Å². The predicted octanol–water partition coefficient (Wildman–Crippen LogP) is 13.5. The number of hydrogen-bond acceptors (Lipinski definition) is 4. The van der Waals surface area contributed by atoms with Crippen LogP contribution in [-0.2, 0) is 5.41 Å². The van der Waals surface area contributed by atoms with Crippen LogP contribution in [0.1, 0.15) is 91.6 Å². The second kappa shape index (κ2) is 12.0. The average molecular weight is 690 g/mol. The second-order valence-electron chi connectivity index (χ2n) is 14.4. The Morgan fingerprint density at radius 3 is 1.94 bits per heavy atom. The molecule has 49 heavy (non-hydrogen) atoms. The molecule has 5 aromatic carbocycles. The van der Waals surface area contributed by atoms with E-state index >= 15 is 0 Å². The maximum atomic E-state index is 5.99. The normalized spacial score (nSPS) is 14.9. The molecule has 2 heterocycles. The standard InChI is InChI=1S/C45H39NS3/c1-26(2)31-18-12-19-32(27(3)4)41(31)29-21-22-40-37(23-29)45(5,6)38-25-30(24-36-42(47)34-16-9-10-17-35(34)43(36)48)49-44(38)46(40)39-20-11-14-28-13-7-8-15-33(28)39/h7-27H,1-6H3. The van der Waals surface area contributed by atoms with Gasteiger partial charge in [-0.3, -0.25) is 0 Å². The zero-order chi connectivity index (χ0) is 34.2. The van der Waals surface area contributed by atoms with Crippen LogP contribution in [0, 0.1) is 0 Å². The van der Waals surface area contributed by atoms with Crippen molar-refractivity contribution in [3.05, 3.63) is 153 Å². The SMILES string of the molecule is CC(C)c1cccc(C(C)C)c1-c1ccc2c(c1)C(C)(C)c1cc(C=C3C(=S)c4ccccc4C3=S)sc1N2c1cccc2ccccc12. The number of benzene rings is 5. The van der Waals surface area contributed by atoms with Crippen molar-refractivity contribution in [3.8, 4) is 11.1 Å². The lowest BCUT2D eigenvalue weighted by molar-refractivity contribution is 0.636. The molecular formula is C45H39NS3. The van der Waals surface area contributed by atoms with E-state index in [1.54, 1.807) is 0 Å². The Balaban J connectivity index is 1.37. The van der Waals surface area contributed by atoms with E-state index in [0.29, 0.717) is 11.8 Å². The fourth-order valence-electron chi connectivity index (χ4n) is 7.80. The molecule has 0 amide bonds. The smallest absolute Gasteiger partial charge is 0.105 e. The first kappa shape index (κ1) is 32.0. The Morgan fingerprint density at radius 2 is 1.27 bits per heavy atom. The van der Waals surface area contributed by atoms with Crippen molar-refractivity contribution in [2.45, 2.75) is 58.8 Å². The highest BCUT2D eigenvalue weighted by atomic mass is 32.1. The molecule has 6 aromatic rings. The maximum Gasteiger partial charge on any atom is 0.105 e. The Labute approximate surface area is 305 Å². The lowest BCUT2D eigenvalue weighted by Crippen LogP contribution is -2.29. The highest BCUT2D eigenvalue weighted by molar-refractivity contribution is 7.84. The van der Waals surface area contributed by atoms with Crippen LogP contribution in [0.4, 0.5) is 16.4 Å². The van der Waals surface area contributed by atoms with Gasteiger partial charge in [0.1, 0.15) is 5.00 Å². The summed E-state index contributed by atoms with van der Waals surface area (Å²) >= 11 is 13.8. The van der Waals surface area contributed by atoms with Crippen LogP contribution >= 0.6 is 35.8 Å². The van der Waals surface area contributed by atoms with Crippen LogP contribution in [0.2, 0.25) is 0 Å².